The third kappa shape index (κ3) is 2.08. The van der Waals surface area contributed by atoms with Crippen LogP contribution in [0.3, 0.4) is 0 Å². The molecular weight excluding hydrogens is 163 g/mol. The highest BCUT2D eigenvalue weighted by atomic mass is 16.4. The SMILES string of the molecule is CC(C)(C)C(C)(C)C(C)(C)B(O)O. The molecule has 78 valence electrons. The Morgan fingerprint density at radius 2 is 1.08 bits per heavy atom. The van der Waals surface area contributed by atoms with Crippen LogP contribution in [-0.4, -0.2) is 17.2 Å². The van der Waals surface area contributed by atoms with Gasteiger partial charge >= 0.3 is 7.12 Å². The Hall–Kier alpha value is -0.0151. The van der Waals surface area contributed by atoms with Crippen LogP contribution < -0.4 is 0 Å². The monoisotopic (exact) mass is 186 g/mol. The number of rotatable bonds is 2. The molecule has 0 bridgehead atoms. The van der Waals surface area contributed by atoms with E-state index in [0.29, 0.717) is 0 Å². The van der Waals surface area contributed by atoms with Crippen LogP contribution in [0, 0.1) is 10.8 Å². The minimum Gasteiger partial charge on any atom is -0.427 e. The molecular formula is C10H23BO2. The van der Waals surface area contributed by atoms with Gasteiger partial charge in [-0.15, -0.1) is 0 Å². The van der Waals surface area contributed by atoms with Crippen molar-refractivity contribution in [3.8, 4) is 0 Å². The molecule has 0 aliphatic carbocycles. The molecule has 13 heavy (non-hydrogen) atoms. The molecule has 0 spiro atoms. The van der Waals surface area contributed by atoms with Gasteiger partial charge in [-0.05, 0) is 10.8 Å². The van der Waals surface area contributed by atoms with E-state index < -0.39 is 12.4 Å². The Kier molecular flexibility index (Phi) is 3.28. The first kappa shape index (κ1) is 13.0. The number of hydrogen-bond acceptors (Lipinski definition) is 2. The molecule has 0 radical (unpaired) electrons. The third-order valence-corrected chi connectivity index (χ3v) is 4.13. The normalized spacial score (nSPS) is 14.5. The third-order valence-electron chi connectivity index (χ3n) is 4.13. The second kappa shape index (κ2) is 3.28. The summed E-state index contributed by atoms with van der Waals surface area (Å²) in [6.45, 7) is 14.3. The molecule has 3 heteroatoms. The molecule has 0 aliphatic heterocycles. The van der Waals surface area contributed by atoms with E-state index in [1.165, 1.54) is 0 Å². The lowest BCUT2D eigenvalue weighted by molar-refractivity contribution is 0.0643. The average Bonchev–Trinajstić information content (AvgIpc) is 1.84. The molecule has 0 unspecified atom stereocenters. The summed E-state index contributed by atoms with van der Waals surface area (Å²) < 4.78 is 0. The zero-order valence-electron chi connectivity index (χ0n) is 9.97. The maximum Gasteiger partial charge on any atom is 0.458 e. The summed E-state index contributed by atoms with van der Waals surface area (Å²) in [7, 11) is -1.28. The predicted molar refractivity (Wildman–Crippen MR) is 57.5 cm³/mol. The van der Waals surface area contributed by atoms with Crippen molar-refractivity contribution in [1.82, 2.24) is 0 Å². The van der Waals surface area contributed by atoms with E-state index in [1.807, 2.05) is 13.8 Å². The van der Waals surface area contributed by atoms with Crippen LogP contribution in [0.5, 0.6) is 0 Å². The molecule has 0 aromatic carbocycles. The van der Waals surface area contributed by atoms with Crippen LogP contribution in [0.15, 0.2) is 0 Å². The van der Waals surface area contributed by atoms with Gasteiger partial charge in [-0.2, -0.15) is 0 Å². The van der Waals surface area contributed by atoms with Crippen molar-refractivity contribution in [3.63, 3.8) is 0 Å². The van der Waals surface area contributed by atoms with Gasteiger partial charge in [0.2, 0.25) is 0 Å². The molecule has 0 aliphatic rings. The second-order valence-electron chi connectivity index (χ2n) is 5.97. The highest BCUT2D eigenvalue weighted by Gasteiger charge is 2.51. The van der Waals surface area contributed by atoms with Gasteiger partial charge in [-0.25, -0.2) is 0 Å². The number of hydrogen-bond donors (Lipinski definition) is 2. The largest absolute Gasteiger partial charge is 0.458 e. The fourth-order valence-corrected chi connectivity index (χ4v) is 1.29. The molecule has 0 atom stereocenters. The fourth-order valence-electron chi connectivity index (χ4n) is 1.29. The zero-order valence-corrected chi connectivity index (χ0v) is 9.97. The van der Waals surface area contributed by atoms with Gasteiger partial charge in [0.15, 0.2) is 0 Å². The zero-order chi connectivity index (χ0) is 11.1. The summed E-state index contributed by atoms with van der Waals surface area (Å²) in [5, 5.41) is 18.2. The van der Waals surface area contributed by atoms with E-state index in [1.54, 1.807) is 0 Å². The van der Waals surface area contributed by atoms with Crippen LogP contribution in [0.4, 0.5) is 0 Å². The summed E-state index contributed by atoms with van der Waals surface area (Å²) in [4.78, 5) is 0. The van der Waals surface area contributed by atoms with Gasteiger partial charge < -0.3 is 10.0 Å². The van der Waals surface area contributed by atoms with E-state index >= 15 is 0 Å². The van der Waals surface area contributed by atoms with E-state index in [0.717, 1.165) is 0 Å². The minimum atomic E-state index is -1.28. The quantitative estimate of drug-likeness (QED) is 0.649. The molecule has 0 amide bonds. The Morgan fingerprint density at radius 3 is 1.15 bits per heavy atom. The van der Waals surface area contributed by atoms with Gasteiger partial charge in [0.25, 0.3) is 0 Å². The van der Waals surface area contributed by atoms with Crippen LogP contribution in [0.25, 0.3) is 0 Å². The first-order chi connectivity index (χ1) is 5.44. The standard InChI is InChI=1S/C10H23BO2/c1-8(2,3)9(4,5)10(6,7)11(12)13/h12-13H,1-7H3. The first-order valence-corrected chi connectivity index (χ1v) is 4.81. The Bertz CT molecular complexity index is 178. The predicted octanol–water partition coefficient (Wildman–Crippen LogP) is 2.31. The Balaban J connectivity index is 5.04. The van der Waals surface area contributed by atoms with Crippen molar-refractivity contribution >= 4 is 7.12 Å². The van der Waals surface area contributed by atoms with Crippen molar-refractivity contribution in [1.29, 1.82) is 0 Å². The van der Waals surface area contributed by atoms with Crippen LogP contribution in [0.2, 0.25) is 5.31 Å². The van der Waals surface area contributed by atoms with Crippen molar-refractivity contribution in [2.24, 2.45) is 10.8 Å². The minimum absolute atomic E-state index is 0.0419. The Labute approximate surface area is 82.5 Å². The summed E-state index contributed by atoms with van der Waals surface area (Å²) in [6, 6.07) is 0. The second-order valence-corrected chi connectivity index (χ2v) is 5.97. The molecule has 2 N–H and O–H groups in total. The van der Waals surface area contributed by atoms with Gasteiger partial charge in [0.1, 0.15) is 0 Å². The lowest BCUT2D eigenvalue weighted by Gasteiger charge is -2.50. The van der Waals surface area contributed by atoms with Crippen molar-refractivity contribution in [2.75, 3.05) is 0 Å². The summed E-state index contributed by atoms with van der Waals surface area (Å²) in [6.07, 6.45) is 0. The average molecular weight is 186 g/mol. The van der Waals surface area contributed by atoms with Gasteiger partial charge in [-0.1, -0.05) is 48.5 Å². The molecule has 0 saturated heterocycles. The van der Waals surface area contributed by atoms with Crippen molar-refractivity contribution in [3.05, 3.63) is 0 Å². The first-order valence-electron chi connectivity index (χ1n) is 4.81. The lowest BCUT2D eigenvalue weighted by atomic mass is 9.42. The fraction of sp³-hybridized carbons (Fsp3) is 1.00. The molecule has 0 fully saturated rings. The van der Waals surface area contributed by atoms with Crippen LogP contribution in [-0.2, 0) is 0 Å². The van der Waals surface area contributed by atoms with E-state index in [9.17, 15) is 10.0 Å². The van der Waals surface area contributed by atoms with Crippen LogP contribution in [0.1, 0.15) is 48.5 Å². The molecule has 0 aromatic heterocycles. The van der Waals surface area contributed by atoms with Crippen molar-refractivity contribution in [2.45, 2.75) is 53.8 Å². The lowest BCUT2D eigenvalue weighted by Crippen LogP contribution is -2.47. The van der Waals surface area contributed by atoms with Crippen molar-refractivity contribution < 1.29 is 10.0 Å². The van der Waals surface area contributed by atoms with E-state index in [4.69, 9.17) is 0 Å². The topological polar surface area (TPSA) is 40.5 Å². The molecule has 0 rings (SSSR count). The summed E-state index contributed by atoms with van der Waals surface area (Å²) in [5.74, 6) is 0. The summed E-state index contributed by atoms with van der Waals surface area (Å²) in [5.41, 5.74) is -0.103. The molecule has 0 aromatic rings. The smallest absolute Gasteiger partial charge is 0.427 e. The van der Waals surface area contributed by atoms with E-state index in [2.05, 4.69) is 34.6 Å². The van der Waals surface area contributed by atoms with Gasteiger partial charge in [0, 0.05) is 5.31 Å². The van der Waals surface area contributed by atoms with Crippen LogP contribution >= 0.6 is 0 Å². The Morgan fingerprint density at radius 1 is 0.769 bits per heavy atom. The molecule has 0 heterocycles. The molecule has 2 nitrogen and oxygen atoms in total. The maximum absolute atomic E-state index is 9.33. The highest BCUT2D eigenvalue weighted by Crippen LogP contribution is 2.56. The molecule has 0 saturated carbocycles. The highest BCUT2D eigenvalue weighted by molar-refractivity contribution is 6.45. The van der Waals surface area contributed by atoms with Gasteiger partial charge in [0.05, 0.1) is 0 Å². The van der Waals surface area contributed by atoms with Gasteiger partial charge in [-0.3, -0.25) is 0 Å². The van der Waals surface area contributed by atoms with E-state index in [-0.39, 0.29) is 10.8 Å². The maximum atomic E-state index is 9.33. The summed E-state index contributed by atoms with van der Waals surface area (Å²) >= 11 is 0.